The van der Waals surface area contributed by atoms with Crippen molar-refractivity contribution in [2.24, 2.45) is 5.73 Å². The minimum atomic E-state index is -0.0833. The Kier molecular flexibility index (Phi) is 1.70. The molecule has 0 aliphatic carbocycles. The molecule has 1 aromatic heterocycles. The Morgan fingerprint density at radius 1 is 1.44 bits per heavy atom. The first-order valence-electron chi connectivity index (χ1n) is 2.85. The zero-order chi connectivity index (χ0) is 6.69. The van der Waals surface area contributed by atoms with E-state index in [2.05, 4.69) is 6.58 Å². The Morgan fingerprint density at radius 2 is 2.00 bits per heavy atom. The summed E-state index contributed by atoms with van der Waals surface area (Å²) < 4.78 is 1.88. The minimum Gasteiger partial charge on any atom is -0.335 e. The molecule has 1 rings (SSSR count). The lowest BCUT2D eigenvalue weighted by Gasteiger charge is -2.05. The number of nitrogens with zero attached hydrogens (tertiary/aromatic N) is 1. The van der Waals surface area contributed by atoms with Gasteiger partial charge in [0.15, 0.2) is 0 Å². The van der Waals surface area contributed by atoms with Gasteiger partial charge in [-0.2, -0.15) is 0 Å². The molecule has 2 N–H and O–H groups in total. The molecule has 2 heteroatoms. The average Bonchev–Trinajstić information content (AvgIpc) is 2.37. The maximum absolute atomic E-state index is 5.58. The van der Waals surface area contributed by atoms with Crippen LogP contribution in [0.15, 0.2) is 37.2 Å². The predicted octanol–water partition coefficient (Wildman–Crippen LogP) is 1.13. The smallest absolute Gasteiger partial charge is 0.0995 e. The van der Waals surface area contributed by atoms with Crippen LogP contribution in [0.5, 0.6) is 0 Å². The molecule has 0 saturated heterocycles. The van der Waals surface area contributed by atoms with E-state index in [-0.39, 0.29) is 6.17 Å². The maximum Gasteiger partial charge on any atom is 0.0995 e. The van der Waals surface area contributed by atoms with Crippen molar-refractivity contribution >= 4 is 0 Å². The van der Waals surface area contributed by atoms with Crippen molar-refractivity contribution in [3.8, 4) is 0 Å². The second-order valence-corrected chi connectivity index (χ2v) is 1.86. The minimum absolute atomic E-state index is 0.0833. The van der Waals surface area contributed by atoms with E-state index >= 15 is 0 Å². The SMILES string of the molecule is C=CC(N)n1cccc1. The predicted molar refractivity (Wildman–Crippen MR) is 37.9 cm³/mol. The highest BCUT2D eigenvalue weighted by Crippen LogP contribution is 1.98. The molecule has 1 unspecified atom stereocenters. The lowest BCUT2D eigenvalue weighted by atomic mass is 10.5. The van der Waals surface area contributed by atoms with Gasteiger partial charge < -0.3 is 10.3 Å². The Morgan fingerprint density at radius 3 is 2.44 bits per heavy atom. The van der Waals surface area contributed by atoms with Crippen LogP contribution in [0.1, 0.15) is 6.17 Å². The van der Waals surface area contributed by atoms with Gasteiger partial charge in [0.2, 0.25) is 0 Å². The summed E-state index contributed by atoms with van der Waals surface area (Å²) in [7, 11) is 0. The summed E-state index contributed by atoms with van der Waals surface area (Å²) in [6.45, 7) is 3.57. The summed E-state index contributed by atoms with van der Waals surface area (Å²) >= 11 is 0. The monoisotopic (exact) mass is 122 g/mol. The van der Waals surface area contributed by atoms with Crippen molar-refractivity contribution in [3.63, 3.8) is 0 Å². The molecule has 0 amide bonds. The normalized spacial score (nSPS) is 13.0. The molecule has 9 heavy (non-hydrogen) atoms. The third-order valence-electron chi connectivity index (χ3n) is 1.21. The van der Waals surface area contributed by atoms with Gasteiger partial charge in [0.25, 0.3) is 0 Å². The quantitative estimate of drug-likeness (QED) is 0.586. The van der Waals surface area contributed by atoms with Crippen LogP contribution < -0.4 is 5.73 Å². The van der Waals surface area contributed by atoms with Gasteiger partial charge in [0, 0.05) is 12.4 Å². The number of rotatable bonds is 2. The fraction of sp³-hybridized carbons (Fsp3) is 0.143. The zero-order valence-corrected chi connectivity index (χ0v) is 5.20. The number of aromatic nitrogens is 1. The largest absolute Gasteiger partial charge is 0.335 e. The second kappa shape index (κ2) is 2.51. The zero-order valence-electron chi connectivity index (χ0n) is 5.20. The van der Waals surface area contributed by atoms with Gasteiger partial charge in [0.1, 0.15) is 0 Å². The molecule has 0 aromatic carbocycles. The molecule has 0 bridgehead atoms. The highest BCUT2D eigenvalue weighted by molar-refractivity contribution is 4.95. The molecule has 48 valence electrons. The molecular weight excluding hydrogens is 112 g/mol. The number of hydrogen-bond acceptors (Lipinski definition) is 1. The first kappa shape index (κ1) is 6.11. The van der Waals surface area contributed by atoms with Gasteiger partial charge in [0.05, 0.1) is 6.17 Å². The molecule has 0 fully saturated rings. The van der Waals surface area contributed by atoms with E-state index < -0.39 is 0 Å². The van der Waals surface area contributed by atoms with Gasteiger partial charge in [-0.05, 0) is 12.1 Å². The van der Waals surface area contributed by atoms with Gasteiger partial charge >= 0.3 is 0 Å². The summed E-state index contributed by atoms with van der Waals surface area (Å²) in [6, 6.07) is 3.87. The Labute approximate surface area is 54.6 Å². The third kappa shape index (κ3) is 1.21. The summed E-state index contributed by atoms with van der Waals surface area (Å²) in [4.78, 5) is 0. The molecule has 0 saturated carbocycles. The summed E-state index contributed by atoms with van der Waals surface area (Å²) in [5.41, 5.74) is 5.58. The highest BCUT2D eigenvalue weighted by atomic mass is 15.1. The van der Waals surface area contributed by atoms with Crippen LogP contribution in [0.4, 0.5) is 0 Å². The standard InChI is InChI=1S/C7H10N2/c1-2-7(8)9-5-3-4-6-9/h2-7H,1,8H2. The van der Waals surface area contributed by atoms with Crippen LogP contribution in [-0.4, -0.2) is 4.57 Å². The lowest BCUT2D eigenvalue weighted by Crippen LogP contribution is -2.13. The first-order chi connectivity index (χ1) is 4.34. The van der Waals surface area contributed by atoms with E-state index in [9.17, 15) is 0 Å². The maximum atomic E-state index is 5.58. The average molecular weight is 122 g/mol. The van der Waals surface area contributed by atoms with Crippen molar-refractivity contribution in [3.05, 3.63) is 37.2 Å². The van der Waals surface area contributed by atoms with E-state index in [4.69, 9.17) is 5.73 Å². The van der Waals surface area contributed by atoms with Crippen LogP contribution >= 0.6 is 0 Å². The fourth-order valence-corrected chi connectivity index (χ4v) is 0.668. The molecule has 1 aromatic rings. The number of hydrogen-bond donors (Lipinski definition) is 1. The summed E-state index contributed by atoms with van der Waals surface area (Å²) in [5, 5.41) is 0. The molecule has 0 radical (unpaired) electrons. The Bertz CT molecular complexity index is 177. The van der Waals surface area contributed by atoms with E-state index in [1.54, 1.807) is 6.08 Å². The summed E-state index contributed by atoms with van der Waals surface area (Å²) in [5.74, 6) is 0. The summed E-state index contributed by atoms with van der Waals surface area (Å²) in [6.07, 6.45) is 5.43. The van der Waals surface area contributed by atoms with Crippen molar-refractivity contribution in [2.75, 3.05) is 0 Å². The van der Waals surface area contributed by atoms with Crippen molar-refractivity contribution in [1.82, 2.24) is 4.57 Å². The molecule has 1 heterocycles. The van der Waals surface area contributed by atoms with E-state index in [0.717, 1.165) is 0 Å². The second-order valence-electron chi connectivity index (χ2n) is 1.86. The van der Waals surface area contributed by atoms with Crippen LogP contribution in [0.3, 0.4) is 0 Å². The third-order valence-corrected chi connectivity index (χ3v) is 1.21. The first-order valence-corrected chi connectivity index (χ1v) is 2.85. The topological polar surface area (TPSA) is 30.9 Å². The molecule has 0 spiro atoms. The fourth-order valence-electron chi connectivity index (χ4n) is 0.668. The van der Waals surface area contributed by atoms with Crippen molar-refractivity contribution in [2.45, 2.75) is 6.17 Å². The van der Waals surface area contributed by atoms with E-state index in [0.29, 0.717) is 0 Å². The lowest BCUT2D eigenvalue weighted by molar-refractivity contribution is 0.636. The van der Waals surface area contributed by atoms with Gasteiger partial charge in [-0.25, -0.2) is 0 Å². The Hall–Kier alpha value is -1.02. The highest BCUT2D eigenvalue weighted by Gasteiger charge is 1.93. The number of nitrogens with two attached hydrogens (primary N) is 1. The van der Waals surface area contributed by atoms with Crippen LogP contribution in [0.2, 0.25) is 0 Å². The Balaban J connectivity index is 2.76. The van der Waals surface area contributed by atoms with Gasteiger partial charge in [-0.15, -0.1) is 0 Å². The van der Waals surface area contributed by atoms with Crippen LogP contribution in [0.25, 0.3) is 0 Å². The molecule has 2 nitrogen and oxygen atoms in total. The van der Waals surface area contributed by atoms with E-state index in [1.165, 1.54) is 0 Å². The van der Waals surface area contributed by atoms with Crippen molar-refractivity contribution < 1.29 is 0 Å². The van der Waals surface area contributed by atoms with Crippen molar-refractivity contribution in [1.29, 1.82) is 0 Å². The van der Waals surface area contributed by atoms with Crippen LogP contribution in [-0.2, 0) is 0 Å². The molecular formula is C7H10N2. The van der Waals surface area contributed by atoms with Gasteiger partial charge in [-0.1, -0.05) is 12.7 Å². The molecule has 0 aliphatic heterocycles. The van der Waals surface area contributed by atoms with Gasteiger partial charge in [-0.3, -0.25) is 0 Å². The van der Waals surface area contributed by atoms with E-state index in [1.807, 2.05) is 29.1 Å². The van der Waals surface area contributed by atoms with Crippen LogP contribution in [0, 0.1) is 0 Å². The molecule has 0 aliphatic rings. The molecule has 1 atom stereocenters.